The van der Waals surface area contributed by atoms with Crippen molar-refractivity contribution < 1.29 is 0 Å². The minimum atomic E-state index is 1.03. The first-order valence-electron chi connectivity index (χ1n) is 9.96. The zero-order valence-electron chi connectivity index (χ0n) is 16.8. The van der Waals surface area contributed by atoms with Crippen molar-refractivity contribution in [2.45, 2.75) is 6.92 Å². The van der Waals surface area contributed by atoms with Crippen LogP contribution in [-0.4, -0.2) is 14.1 Å². The Labute approximate surface area is 168 Å². The highest BCUT2D eigenvalue weighted by molar-refractivity contribution is 6.27. The monoisotopic (exact) mass is 375 g/mol. The smallest absolute Gasteiger partial charge is 0.143 e. The van der Waals surface area contributed by atoms with Crippen molar-refractivity contribution in [1.29, 1.82) is 0 Å². The standard InChI is InChI=1S/C26H21N3/c1-16-9-8-10-17(15-16)24-22-18-11-4-6-13-20(18)28(2)25(22)23-19-12-5-7-14-21(19)29(3)26(23)27-24/h4-15H,1-3H3. The molecule has 0 unspecified atom stereocenters. The molecule has 0 amide bonds. The molecule has 0 atom stereocenters. The van der Waals surface area contributed by atoms with Crippen LogP contribution in [0.2, 0.25) is 0 Å². The first kappa shape index (κ1) is 16.4. The topological polar surface area (TPSA) is 22.8 Å². The minimum absolute atomic E-state index is 1.03. The van der Waals surface area contributed by atoms with Crippen LogP contribution in [0.25, 0.3) is 55.0 Å². The summed E-state index contributed by atoms with van der Waals surface area (Å²) in [7, 11) is 4.29. The first-order valence-corrected chi connectivity index (χ1v) is 9.96. The summed E-state index contributed by atoms with van der Waals surface area (Å²) >= 11 is 0. The van der Waals surface area contributed by atoms with Gasteiger partial charge in [-0.25, -0.2) is 4.98 Å². The number of hydrogen-bond donors (Lipinski definition) is 0. The maximum absolute atomic E-state index is 5.26. The number of rotatable bonds is 1. The van der Waals surface area contributed by atoms with Gasteiger partial charge in [0.25, 0.3) is 0 Å². The molecule has 3 heterocycles. The molecule has 0 N–H and O–H groups in total. The molecule has 0 aliphatic carbocycles. The quantitative estimate of drug-likeness (QED) is 0.328. The third kappa shape index (κ3) is 2.10. The zero-order valence-corrected chi connectivity index (χ0v) is 16.8. The number of fused-ring (bicyclic) bond motifs is 7. The molecule has 140 valence electrons. The van der Waals surface area contributed by atoms with Gasteiger partial charge in [0.2, 0.25) is 0 Å². The van der Waals surface area contributed by atoms with Gasteiger partial charge in [0, 0.05) is 41.3 Å². The van der Waals surface area contributed by atoms with Crippen LogP contribution in [0.15, 0.2) is 72.8 Å². The van der Waals surface area contributed by atoms with Gasteiger partial charge in [0.1, 0.15) is 5.65 Å². The molecule has 3 nitrogen and oxygen atoms in total. The van der Waals surface area contributed by atoms with Gasteiger partial charge in [-0.3, -0.25) is 0 Å². The number of hydrogen-bond acceptors (Lipinski definition) is 1. The Morgan fingerprint density at radius 1 is 0.690 bits per heavy atom. The van der Waals surface area contributed by atoms with E-state index in [0.29, 0.717) is 0 Å². The maximum Gasteiger partial charge on any atom is 0.143 e. The summed E-state index contributed by atoms with van der Waals surface area (Å²) < 4.78 is 4.56. The van der Waals surface area contributed by atoms with Gasteiger partial charge in [0.05, 0.1) is 22.1 Å². The van der Waals surface area contributed by atoms with E-state index in [9.17, 15) is 0 Å². The summed E-state index contributed by atoms with van der Waals surface area (Å²) in [4.78, 5) is 5.26. The Kier molecular flexibility index (Phi) is 3.22. The highest BCUT2D eigenvalue weighted by atomic mass is 15.0. The molecule has 0 aliphatic rings. The first-order chi connectivity index (χ1) is 14.1. The fourth-order valence-corrected chi connectivity index (χ4v) is 4.83. The molecular formula is C26H21N3. The zero-order chi connectivity index (χ0) is 19.7. The van der Waals surface area contributed by atoms with E-state index < -0.39 is 0 Å². The molecule has 0 bridgehead atoms. The molecule has 3 heteroatoms. The van der Waals surface area contributed by atoms with E-state index in [4.69, 9.17) is 4.98 Å². The fourth-order valence-electron chi connectivity index (χ4n) is 4.83. The molecule has 3 aromatic heterocycles. The third-order valence-electron chi connectivity index (χ3n) is 6.17. The van der Waals surface area contributed by atoms with Gasteiger partial charge in [-0.05, 0) is 25.1 Å². The van der Waals surface area contributed by atoms with E-state index in [1.807, 2.05) is 0 Å². The van der Waals surface area contributed by atoms with E-state index in [0.717, 1.165) is 11.3 Å². The summed E-state index contributed by atoms with van der Waals surface area (Å²) in [5.74, 6) is 0. The average Bonchev–Trinajstić information content (AvgIpc) is 3.20. The minimum Gasteiger partial charge on any atom is -0.343 e. The Morgan fingerprint density at radius 3 is 2.07 bits per heavy atom. The number of benzene rings is 3. The molecule has 6 rings (SSSR count). The van der Waals surface area contributed by atoms with Crippen LogP contribution in [-0.2, 0) is 14.1 Å². The highest BCUT2D eigenvalue weighted by Crippen LogP contribution is 2.42. The summed E-state index contributed by atoms with van der Waals surface area (Å²) in [6, 6.07) is 25.9. The van der Waals surface area contributed by atoms with Crippen LogP contribution in [0, 0.1) is 6.92 Å². The summed E-state index contributed by atoms with van der Waals surface area (Å²) in [5, 5.41) is 4.97. The number of pyridine rings is 1. The van der Waals surface area contributed by atoms with Crippen LogP contribution in [0.4, 0.5) is 0 Å². The van der Waals surface area contributed by atoms with Gasteiger partial charge in [-0.1, -0.05) is 60.2 Å². The van der Waals surface area contributed by atoms with Crippen molar-refractivity contribution in [3.05, 3.63) is 78.4 Å². The predicted molar refractivity (Wildman–Crippen MR) is 122 cm³/mol. The largest absolute Gasteiger partial charge is 0.343 e. The van der Waals surface area contributed by atoms with E-state index in [1.165, 1.54) is 49.2 Å². The van der Waals surface area contributed by atoms with Gasteiger partial charge in [-0.2, -0.15) is 0 Å². The van der Waals surface area contributed by atoms with Gasteiger partial charge < -0.3 is 9.13 Å². The van der Waals surface area contributed by atoms with Gasteiger partial charge in [-0.15, -0.1) is 0 Å². The number of aromatic nitrogens is 3. The van der Waals surface area contributed by atoms with Crippen LogP contribution in [0.5, 0.6) is 0 Å². The van der Waals surface area contributed by atoms with Crippen LogP contribution < -0.4 is 0 Å². The van der Waals surface area contributed by atoms with Crippen LogP contribution in [0.3, 0.4) is 0 Å². The van der Waals surface area contributed by atoms with Crippen LogP contribution >= 0.6 is 0 Å². The van der Waals surface area contributed by atoms with Crippen molar-refractivity contribution in [3.63, 3.8) is 0 Å². The highest BCUT2D eigenvalue weighted by Gasteiger charge is 2.21. The molecule has 6 aromatic rings. The lowest BCUT2D eigenvalue weighted by Crippen LogP contribution is -1.95. The molecule has 0 saturated heterocycles. The molecule has 0 saturated carbocycles. The molecule has 0 fully saturated rings. The fraction of sp³-hybridized carbons (Fsp3) is 0.115. The van der Waals surface area contributed by atoms with Gasteiger partial charge in [0.15, 0.2) is 0 Å². The third-order valence-corrected chi connectivity index (χ3v) is 6.17. The Balaban J connectivity index is 1.96. The molecule has 0 spiro atoms. The van der Waals surface area contributed by atoms with Crippen LogP contribution in [0.1, 0.15) is 5.56 Å². The average molecular weight is 375 g/mol. The maximum atomic E-state index is 5.26. The second-order valence-electron chi connectivity index (χ2n) is 7.90. The molecule has 0 aliphatic heterocycles. The Morgan fingerprint density at radius 2 is 1.34 bits per heavy atom. The van der Waals surface area contributed by atoms with E-state index in [1.54, 1.807) is 0 Å². The summed E-state index contributed by atoms with van der Waals surface area (Å²) in [6.07, 6.45) is 0. The lowest BCUT2D eigenvalue weighted by atomic mass is 10.0. The summed E-state index contributed by atoms with van der Waals surface area (Å²) in [6.45, 7) is 2.14. The van der Waals surface area contributed by atoms with Crippen molar-refractivity contribution in [1.82, 2.24) is 14.1 Å². The predicted octanol–water partition coefficient (Wildman–Crippen LogP) is 6.35. The van der Waals surface area contributed by atoms with E-state index in [2.05, 4.69) is 103 Å². The molecule has 3 aromatic carbocycles. The lowest BCUT2D eigenvalue weighted by molar-refractivity contribution is 0.988. The molecular weight excluding hydrogens is 354 g/mol. The van der Waals surface area contributed by atoms with E-state index in [-0.39, 0.29) is 0 Å². The lowest BCUT2D eigenvalue weighted by Gasteiger charge is -2.08. The van der Waals surface area contributed by atoms with Crippen molar-refractivity contribution in [2.24, 2.45) is 14.1 Å². The molecule has 0 radical (unpaired) electrons. The molecule has 29 heavy (non-hydrogen) atoms. The normalized spacial score (nSPS) is 12.0. The van der Waals surface area contributed by atoms with E-state index >= 15 is 0 Å². The van der Waals surface area contributed by atoms with Crippen molar-refractivity contribution >= 4 is 43.7 Å². The number of nitrogens with zero attached hydrogens (tertiary/aromatic N) is 3. The van der Waals surface area contributed by atoms with Crippen molar-refractivity contribution in [2.75, 3.05) is 0 Å². The Bertz CT molecular complexity index is 1580. The summed E-state index contributed by atoms with van der Waals surface area (Å²) in [5.41, 5.74) is 8.19. The number of aryl methyl sites for hydroxylation is 3. The SMILES string of the molecule is Cc1cccc(-c2nc3c(c4ccccc4n3C)c3c2c2ccccc2n3C)c1. The van der Waals surface area contributed by atoms with Crippen molar-refractivity contribution in [3.8, 4) is 11.3 Å². The Hall–Kier alpha value is -3.59. The second-order valence-corrected chi connectivity index (χ2v) is 7.90. The van der Waals surface area contributed by atoms with Gasteiger partial charge >= 0.3 is 0 Å². The number of para-hydroxylation sites is 2. The second kappa shape index (κ2) is 5.71.